The fourth-order valence-electron chi connectivity index (χ4n) is 3.30. The summed E-state index contributed by atoms with van der Waals surface area (Å²) in [5.41, 5.74) is 2.28. The van der Waals surface area contributed by atoms with Crippen molar-refractivity contribution in [1.82, 2.24) is 5.32 Å². The Labute approximate surface area is 169 Å². The minimum atomic E-state index is -3.47. The highest BCUT2D eigenvalue weighted by molar-refractivity contribution is 7.92. The van der Waals surface area contributed by atoms with Crippen molar-refractivity contribution in [2.24, 2.45) is 0 Å². The Hall–Kier alpha value is -2.91. The van der Waals surface area contributed by atoms with Crippen LogP contribution in [-0.4, -0.2) is 37.2 Å². The van der Waals surface area contributed by atoms with Gasteiger partial charge in [0.15, 0.2) is 0 Å². The molecule has 0 aromatic heterocycles. The van der Waals surface area contributed by atoms with Crippen molar-refractivity contribution in [3.8, 4) is 0 Å². The summed E-state index contributed by atoms with van der Waals surface area (Å²) in [6, 6.07) is 12.8. The molecule has 0 radical (unpaired) electrons. The van der Waals surface area contributed by atoms with E-state index in [1.54, 1.807) is 37.3 Å². The van der Waals surface area contributed by atoms with Crippen LogP contribution in [0.4, 0.5) is 11.4 Å². The van der Waals surface area contributed by atoms with E-state index in [1.165, 1.54) is 6.07 Å². The number of aliphatic hydroxyl groups is 1. The Bertz CT molecular complexity index is 1020. The maximum absolute atomic E-state index is 12.3. The molecule has 0 aliphatic heterocycles. The summed E-state index contributed by atoms with van der Waals surface area (Å²) in [6.07, 6.45) is 0.0746. The SMILES string of the molecule is CCCS(=O)(=O)Nc1cccc(NC(=O)C(=O)NC2c3ccccc3CC2O)c1. The van der Waals surface area contributed by atoms with Gasteiger partial charge in [-0.25, -0.2) is 8.42 Å². The van der Waals surface area contributed by atoms with Crippen LogP contribution in [0.25, 0.3) is 0 Å². The van der Waals surface area contributed by atoms with E-state index >= 15 is 0 Å². The molecule has 0 spiro atoms. The molecule has 2 aromatic rings. The van der Waals surface area contributed by atoms with E-state index in [9.17, 15) is 23.1 Å². The quantitative estimate of drug-likeness (QED) is 0.531. The minimum Gasteiger partial charge on any atom is -0.390 e. The summed E-state index contributed by atoms with van der Waals surface area (Å²) < 4.78 is 26.2. The molecule has 2 atom stereocenters. The summed E-state index contributed by atoms with van der Waals surface area (Å²) in [5, 5.41) is 15.2. The van der Waals surface area contributed by atoms with Gasteiger partial charge in [0.2, 0.25) is 10.0 Å². The number of carbonyl (C=O) groups excluding carboxylic acids is 2. The predicted octanol–water partition coefficient (Wildman–Crippen LogP) is 1.55. The molecular formula is C20H23N3O5S. The van der Waals surface area contributed by atoms with Gasteiger partial charge in [-0.2, -0.15) is 0 Å². The van der Waals surface area contributed by atoms with Gasteiger partial charge in [0.25, 0.3) is 0 Å². The first-order valence-corrected chi connectivity index (χ1v) is 10.9. The number of amides is 2. The van der Waals surface area contributed by atoms with E-state index in [2.05, 4.69) is 15.4 Å². The van der Waals surface area contributed by atoms with Crippen molar-refractivity contribution in [3.05, 3.63) is 59.7 Å². The van der Waals surface area contributed by atoms with Crippen molar-refractivity contribution in [1.29, 1.82) is 0 Å². The molecule has 0 saturated heterocycles. The largest absolute Gasteiger partial charge is 0.390 e. The monoisotopic (exact) mass is 417 g/mol. The molecule has 0 bridgehead atoms. The first-order valence-electron chi connectivity index (χ1n) is 9.27. The van der Waals surface area contributed by atoms with Crippen molar-refractivity contribution in [2.75, 3.05) is 15.8 Å². The van der Waals surface area contributed by atoms with Gasteiger partial charge in [0.05, 0.1) is 23.6 Å². The number of benzene rings is 2. The lowest BCUT2D eigenvalue weighted by Crippen LogP contribution is -2.40. The molecule has 0 heterocycles. The maximum Gasteiger partial charge on any atom is 0.313 e. The van der Waals surface area contributed by atoms with E-state index in [-0.39, 0.29) is 17.1 Å². The third-order valence-electron chi connectivity index (χ3n) is 4.56. The molecule has 2 unspecified atom stereocenters. The van der Waals surface area contributed by atoms with Gasteiger partial charge in [-0.3, -0.25) is 14.3 Å². The Morgan fingerprint density at radius 2 is 1.79 bits per heavy atom. The standard InChI is InChI=1S/C20H23N3O5S/c1-2-10-29(27,28)23-15-8-5-7-14(12-15)21-19(25)20(26)22-18-16-9-4-3-6-13(16)11-17(18)24/h3-9,12,17-18,23-24H,2,10-11H2,1H3,(H,21,25)(H,22,26). The molecule has 9 heteroatoms. The Balaban J connectivity index is 1.65. The highest BCUT2D eigenvalue weighted by Crippen LogP contribution is 2.31. The average molecular weight is 417 g/mol. The van der Waals surface area contributed by atoms with Crippen molar-refractivity contribution < 1.29 is 23.1 Å². The lowest BCUT2D eigenvalue weighted by atomic mass is 10.1. The van der Waals surface area contributed by atoms with Gasteiger partial charge in [-0.05, 0) is 35.7 Å². The fraction of sp³-hybridized carbons (Fsp3) is 0.300. The zero-order valence-corrected chi connectivity index (χ0v) is 16.7. The Kier molecular flexibility index (Phi) is 6.19. The molecule has 1 aliphatic carbocycles. The molecule has 0 fully saturated rings. The fourth-order valence-corrected chi connectivity index (χ4v) is 4.43. The summed E-state index contributed by atoms with van der Waals surface area (Å²) in [5.74, 6) is -1.81. The van der Waals surface area contributed by atoms with Gasteiger partial charge in [-0.15, -0.1) is 0 Å². The number of hydrogen-bond donors (Lipinski definition) is 4. The van der Waals surface area contributed by atoms with Crippen LogP contribution in [0.2, 0.25) is 0 Å². The van der Waals surface area contributed by atoms with Gasteiger partial charge in [-0.1, -0.05) is 37.3 Å². The lowest BCUT2D eigenvalue weighted by Gasteiger charge is -2.17. The molecule has 3 rings (SSSR count). The molecule has 4 N–H and O–H groups in total. The smallest absolute Gasteiger partial charge is 0.313 e. The first kappa shape index (κ1) is 20.8. The molecule has 2 amide bonds. The highest BCUT2D eigenvalue weighted by Gasteiger charge is 2.33. The molecule has 8 nitrogen and oxygen atoms in total. The van der Waals surface area contributed by atoms with E-state index < -0.39 is 34.0 Å². The van der Waals surface area contributed by atoms with Crippen LogP contribution in [-0.2, 0) is 26.0 Å². The maximum atomic E-state index is 12.3. The van der Waals surface area contributed by atoms with Gasteiger partial charge < -0.3 is 15.7 Å². The van der Waals surface area contributed by atoms with E-state index in [1.807, 2.05) is 12.1 Å². The topological polar surface area (TPSA) is 125 Å². The van der Waals surface area contributed by atoms with Crippen LogP contribution >= 0.6 is 0 Å². The second-order valence-electron chi connectivity index (χ2n) is 6.88. The number of sulfonamides is 1. The normalized spacial score (nSPS) is 18.0. The summed E-state index contributed by atoms with van der Waals surface area (Å²) in [7, 11) is -3.47. The number of fused-ring (bicyclic) bond motifs is 1. The third kappa shape index (κ3) is 5.12. The summed E-state index contributed by atoms with van der Waals surface area (Å²) in [6.45, 7) is 1.76. The predicted molar refractivity (Wildman–Crippen MR) is 110 cm³/mol. The molecule has 154 valence electrons. The van der Waals surface area contributed by atoms with Crippen LogP contribution in [0, 0.1) is 0 Å². The van der Waals surface area contributed by atoms with Crippen LogP contribution in [0.5, 0.6) is 0 Å². The van der Waals surface area contributed by atoms with E-state index in [4.69, 9.17) is 0 Å². The van der Waals surface area contributed by atoms with Crippen molar-refractivity contribution >= 4 is 33.2 Å². The highest BCUT2D eigenvalue weighted by atomic mass is 32.2. The number of rotatable bonds is 6. The van der Waals surface area contributed by atoms with Crippen LogP contribution in [0.1, 0.15) is 30.5 Å². The average Bonchev–Trinajstić information content (AvgIpc) is 2.97. The molecule has 1 aliphatic rings. The lowest BCUT2D eigenvalue weighted by molar-refractivity contribution is -0.137. The number of nitrogens with one attached hydrogen (secondary N) is 3. The number of carbonyl (C=O) groups is 2. The second kappa shape index (κ2) is 8.62. The van der Waals surface area contributed by atoms with Gasteiger partial charge >= 0.3 is 11.8 Å². The van der Waals surface area contributed by atoms with Crippen molar-refractivity contribution in [3.63, 3.8) is 0 Å². The molecule has 2 aromatic carbocycles. The van der Waals surface area contributed by atoms with Gasteiger partial charge in [0.1, 0.15) is 0 Å². The van der Waals surface area contributed by atoms with Crippen LogP contribution in [0.15, 0.2) is 48.5 Å². The van der Waals surface area contributed by atoms with E-state index in [0.717, 1.165) is 11.1 Å². The second-order valence-corrected chi connectivity index (χ2v) is 8.72. The number of hydrogen-bond acceptors (Lipinski definition) is 5. The molecule has 29 heavy (non-hydrogen) atoms. The van der Waals surface area contributed by atoms with Crippen LogP contribution in [0.3, 0.4) is 0 Å². The Morgan fingerprint density at radius 1 is 1.07 bits per heavy atom. The third-order valence-corrected chi connectivity index (χ3v) is 6.06. The zero-order chi connectivity index (χ0) is 21.0. The zero-order valence-electron chi connectivity index (χ0n) is 15.9. The molecular weight excluding hydrogens is 394 g/mol. The summed E-state index contributed by atoms with van der Waals surface area (Å²) in [4.78, 5) is 24.6. The van der Waals surface area contributed by atoms with Crippen LogP contribution < -0.4 is 15.4 Å². The summed E-state index contributed by atoms with van der Waals surface area (Å²) >= 11 is 0. The first-order chi connectivity index (χ1) is 13.8. The molecule has 0 saturated carbocycles. The minimum absolute atomic E-state index is 0.0167. The van der Waals surface area contributed by atoms with Gasteiger partial charge in [0, 0.05) is 12.1 Å². The Morgan fingerprint density at radius 3 is 2.55 bits per heavy atom. The number of aliphatic hydroxyl groups excluding tert-OH is 1. The van der Waals surface area contributed by atoms with E-state index in [0.29, 0.717) is 12.8 Å². The number of anilines is 2. The van der Waals surface area contributed by atoms with Crippen molar-refractivity contribution in [2.45, 2.75) is 31.9 Å².